The van der Waals surface area contributed by atoms with Gasteiger partial charge in [-0.05, 0) is 85.7 Å². The van der Waals surface area contributed by atoms with E-state index < -0.39 is 39.7 Å². The molecule has 2 aliphatic heterocycles. The van der Waals surface area contributed by atoms with Gasteiger partial charge in [-0.15, -0.1) is 11.3 Å². The number of sulfonamides is 1. The van der Waals surface area contributed by atoms with Crippen molar-refractivity contribution in [3.8, 4) is 10.4 Å². The molecule has 5 amide bonds. The Bertz CT molecular complexity index is 2370. The quantitative estimate of drug-likeness (QED) is 0.0631. The highest BCUT2D eigenvalue weighted by atomic mass is 32.2. The number of nitrogens with zero attached hydrogens (tertiary/aromatic N) is 5. The Hall–Kier alpha value is -5.27. The van der Waals surface area contributed by atoms with E-state index >= 15 is 0 Å². The minimum Gasteiger partial charge on any atom is -0.391 e. The van der Waals surface area contributed by atoms with Gasteiger partial charge < -0.3 is 36.2 Å². The summed E-state index contributed by atoms with van der Waals surface area (Å²) in [4.78, 5) is 66.6. The maximum absolute atomic E-state index is 14.1. The van der Waals surface area contributed by atoms with Crippen LogP contribution in [0.25, 0.3) is 10.4 Å². The molecule has 5 N–H and O–H groups in total. The molecule has 16 nitrogen and oxygen atoms in total. The smallest absolute Gasteiger partial charge is 0.319 e. The molecule has 0 spiro atoms. The van der Waals surface area contributed by atoms with Gasteiger partial charge >= 0.3 is 6.03 Å². The van der Waals surface area contributed by atoms with Gasteiger partial charge in [0, 0.05) is 70.2 Å². The highest BCUT2D eigenvalue weighted by Gasteiger charge is 2.44. The topological polar surface area (TPSA) is 206 Å². The number of β-amino-alcohol motifs (C(OH)–C–C–N with tert-alkyl or cyclic N) is 1. The first kappa shape index (κ1) is 51.1. The van der Waals surface area contributed by atoms with Crippen molar-refractivity contribution in [3.05, 3.63) is 95.4 Å². The number of aliphatic hydroxyl groups is 1. The van der Waals surface area contributed by atoms with E-state index in [0.717, 1.165) is 65.9 Å². The molecule has 2 aliphatic rings. The number of carbonyl (C=O) groups excluding carboxylic acids is 4. The van der Waals surface area contributed by atoms with Gasteiger partial charge in [0.1, 0.15) is 12.1 Å². The Morgan fingerprint density at radius 3 is 2.22 bits per heavy atom. The first-order valence-corrected chi connectivity index (χ1v) is 25.7. The maximum atomic E-state index is 14.1. The van der Waals surface area contributed by atoms with Crippen LogP contribution in [0.3, 0.4) is 0 Å². The molecule has 0 saturated carbocycles. The average molecular weight is 958 g/mol. The van der Waals surface area contributed by atoms with E-state index in [1.807, 2.05) is 70.5 Å². The number of benzene rings is 2. The van der Waals surface area contributed by atoms with Crippen molar-refractivity contribution in [1.29, 1.82) is 0 Å². The molecule has 18 heteroatoms. The number of piperazine rings is 1. The van der Waals surface area contributed by atoms with E-state index in [2.05, 4.69) is 36.1 Å². The number of thiazole rings is 1. The lowest BCUT2D eigenvalue weighted by atomic mass is 9.85. The third-order valence-corrected chi connectivity index (χ3v) is 15.3. The van der Waals surface area contributed by atoms with E-state index in [-0.39, 0.29) is 48.0 Å². The highest BCUT2D eigenvalue weighted by Crippen LogP contribution is 2.30. The van der Waals surface area contributed by atoms with E-state index in [1.54, 1.807) is 41.9 Å². The molecule has 6 rings (SSSR count). The van der Waals surface area contributed by atoms with E-state index in [0.29, 0.717) is 44.8 Å². The minimum absolute atomic E-state index is 0.0156. The molecule has 2 aromatic carbocycles. The number of aryl methyl sites for hydroxylation is 1. The second kappa shape index (κ2) is 23.6. The Kier molecular flexibility index (Phi) is 18.0. The molecule has 2 aromatic heterocycles. The van der Waals surface area contributed by atoms with Crippen LogP contribution in [0.2, 0.25) is 0 Å². The zero-order valence-electron chi connectivity index (χ0n) is 39.4. The number of amides is 5. The Balaban J connectivity index is 0.854. The normalized spacial score (nSPS) is 18.0. The van der Waals surface area contributed by atoms with E-state index in [1.165, 1.54) is 21.3 Å². The summed E-state index contributed by atoms with van der Waals surface area (Å²) in [6.07, 6.45) is 8.47. The first-order valence-electron chi connectivity index (χ1n) is 23.3. The molecule has 4 aromatic rings. The lowest BCUT2D eigenvalue weighted by Gasteiger charge is -2.35. The summed E-state index contributed by atoms with van der Waals surface area (Å²) >= 11 is 1.58. The van der Waals surface area contributed by atoms with E-state index in [4.69, 9.17) is 0 Å². The first-order chi connectivity index (χ1) is 32.0. The lowest BCUT2D eigenvalue weighted by Crippen LogP contribution is -2.57. The van der Waals surface area contributed by atoms with Gasteiger partial charge in [-0.25, -0.2) is 18.2 Å². The number of aromatic nitrogens is 2. The molecule has 0 unspecified atom stereocenters. The van der Waals surface area contributed by atoms with Gasteiger partial charge in [-0.1, -0.05) is 76.8 Å². The minimum atomic E-state index is -3.67. The molecule has 2 fully saturated rings. The third kappa shape index (κ3) is 14.4. The SMILES string of the molecule is Cc1ncsc1-c1ccc([C@H](C)NC(=O)[C@H]2C[C@H](O)CN2C(=O)[C@@H](NC(=O)CCCCCCCCN2CCN(S(=O)(=O)c3ccc(NC(=O)NCc4cccnc4)cc3)CC2)C(C)(C)C)cc1. The third-order valence-electron chi connectivity index (χ3n) is 12.4. The zero-order chi connectivity index (χ0) is 48.1. The van der Waals surface area contributed by atoms with Crippen molar-refractivity contribution in [3.63, 3.8) is 0 Å². The number of pyridine rings is 1. The van der Waals surface area contributed by atoms with Gasteiger partial charge in [-0.3, -0.25) is 19.4 Å². The fourth-order valence-corrected chi connectivity index (χ4v) is 10.7. The van der Waals surface area contributed by atoms with Crippen molar-refractivity contribution in [2.24, 2.45) is 5.41 Å². The summed E-state index contributed by atoms with van der Waals surface area (Å²) in [7, 11) is -3.67. The van der Waals surface area contributed by atoms with Crippen molar-refractivity contribution in [2.45, 2.75) is 122 Å². The van der Waals surface area contributed by atoms with Crippen LogP contribution in [0.4, 0.5) is 10.5 Å². The Labute approximate surface area is 399 Å². The Morgan fingerprint density at radius 2 is 1.58 bits per heavy atom. The number of nitrogens with one attached hydrogen (secondary N) is 4. The van der Waals surface area contributed by atoms with Crippen molar-refractivity contribution < 1.29 is 32.7 Å². The number of urea groups is 1. The molecule has 2 saturated heterocycles. The maximum Gasteiger partial charge on any atom is 0.319 e. The van der Waals surface area contributed by atoms with Crippen LogP contribution >= 0.6 is 11.3 Å². The number of hydrogen-bond acceptors (Lipinski definition) is 11. The number of unbranched alkanes of at least 4 members (excludes halogenated alkanes) is 5. The number of anilines is 1. The molecular formula is C49H67N9O7S2. The summed E-state index contributed by atoms with van der Waals surface area (Å²) < 4.78 is 28.3. The predicted molar refractivity (Wildman–Crippen MR) is 260 cm³/mol. The summed E-state index contributed by atoms with van der Waals surface area (Å²) in [6.45, 7) is 12.9. The second-order valence-electron chi connectivity index (χ2n) is 18.7. The molecule has 0 bridgehead atoms. The number of carbonyl (C=O) groups is 4. The summed E-state index contributed by atoms with van der Waals surface area (Å²) in [6, 6.07) is 15.4. The van der Waals surface area contributed by atoms with E-state index in [9.17, 15) is 32.7 Å². The summed E-state index contributed by atoms with van der Waals surface area (Å²) in [5.41, 5.74) is 5.47. The van der Waals surface area contributed by atoms with Crippen molar-refractivity contribution in [2.75, 3.05) is 44.6 Å². The fraction of sp³-hybridized carbons (Fsp3) is 0.510. The molecule has 0 aliphatic carbocycles. The van der Waals surface area contributed by atoms with Gasteiger partial charge in [0.05, 0.1) is 33.1 Å². The number of likely N-dealkylation sites (tertiary alicyclic amines) is 1. The standard InChI is InChI=1S/C49H67N9O7S2/c1-34(37-15-17-38(18-16-37)44-35(2)52-33-66-44)53-46(61)42-29-40(59)32-58(42)47(62)45(49(3,4)5)55-43(60)14-10-8-6-7-9-11-24-56-25-27-57(28-26-56)67(64,65)41-21-19-39(20-22-41)54-48(63)51-31-36-13-12-23-50-30-36/h12-13,15-23,30,33-34,40,42,45,59H,6-11,14,24-29,31-32H2,1-5H3,(H,53,61)(H,55,60)(H2,51,54,63)/t34-,40-,42+,45+/m0/s1. The number of aliphatic hydroxyl groups excluding tert-OH is 1. The van der Waals surface area contributed by atoms with Gasteiger partial charge in [-0.2, -0.15) is 4.31 Å². The fourth-order valence-electron chi connectivity index (χ4n) is 8.49. The molecular weight excluding hydrogens is 891 g/mol. The molecule has 4 heterocycles. The number of hydrogen-bond donors (Lipinski definition) is 5. The van der Waals surface area contributed by atoms with Crippen molar-refractivity contribution in [1.82, 2.24) is 40.0 Å². The van der Waals surface area contributed by atoms with Crippen LogP contribution < -0.4 is 21.3 Å². The van der Waals surface area contributed by atoms with Gasteiger partial charge in [0.15, 0.2) is 0 Å². The van der Waals surface area contributed by atoms with Crippen LogP contribution in [0.15, 0.2) is 83.5 Å². The summed E-state index contributed by atoms with van der Waals surface area (Å²) in [5, 5.41) is 22.1. The zero-order valence-corrected chi connectivity index (χ0v) is 41.0. The van der Waals surface area contributed by atoms with Crippen LogP contribution in [-0.2, 0) is 31.0 Å². The molecule has 0 radical (unpaired) electrons. The lowest BCUT2D eigenvalue weighted by molar-refractivity contribution is -0.144. The summed E-state index contributed by atoms with van der Waals surface area (Å²) in [5.74, 6) is -0.937. The molecule has 67 heavy (non-hydrogen) atoms. The monoisotopic (exact) mass is 957 g/mol. The van der Waals surface area contributed by atoms with Gasteiger partial charge in [0.2, 0.25) is 27.7 Å². The predicted octanol–water partition coefficient (Wildman–Crippen LogP) is 6.24. The van der Waals surface area contributed by atoms with Crippen LogP contribution in [0.5, 0.6) is 0 Å². The molecule has 4 atom stereocenters. The van der Waals surface area contributed by atoms with Crippen molar-refractivity contribution >= 4 is 50.8 Å². The Morgan fingerprint density at radius 1 is 0.896 bits per heavy atom. The van der Waals surface area contributed by atoms with Gasteiger partial charge in [0.25, 0.3) is 0 Å². The highest BCUT2D eigenvalue weighted by molar-refractivity contribution is 7.89. The van der Waals surface area contributed by atoms with Crippen LogP contribution in [0, 0.1) is 12.3 Å². The average Bonchev–Trinajstić information content (AvgIpc) is 3.93. The molecule has 362 valence electrons. The second-order valence-corrected chi connectivity index (χ2v) is 21.5. The van der Waals surface area contributed by atoms with Crippen LogP contribution in [-0.4, -0.2) is 119 Å². The number of rotatable bonds is 20. The largest absolute Gasteiger partial charge is 0.391 e. The van der Waals surface area contributed by atoms with Crippen LogP contribution in [0.1, 0.15) is 102 Å².